The van der Waals surface area contributed by atoms with Crippen molar-refractivity contribution >= 4 is 11.1 Å². The zero-order chi connectivity index (χ0) is 7.65. The number of alkyl halides is 3. The average Bonchev–Trinajstić information content (AvgIpc) is 1.62. The lowest BCUT2D eigenvalue weighted by molar-refractivity contribution is -0.129. The Morgan fingerprint density at radius 1 is 1.56 bits per heavy atom. The maximum atomic E-state index is 11.2. The fourth-order valence-corrected chi connectivity index (χ4v) is 0.343. The zero-order valence-corrected chi connectivity index (χ0v) is 4.87. The molecule has 0 aromatic carbocycles. The number of rotatable bonds is 1. The SMILES string of the molecule is NC(S(=O)O)C(F)(F)F. The molecule has 2 unspecified atom stereocenters. The van der Waals surface area contributed by atoms with Crippen LogP contribution in [-0.2, 0) is 11.1 Å². The van der Waals surface area contributed by atoms with Crippen LogP contribution in [0.4, 0.5) is 13.2 Å². The van der Waals surface area contributed by atoms with Crippen LogP contribution in [0.2, 0.25) is 0 Å². The van der Waals surface area contributed by atoms with Gasteiger partial charge in [0, 0.05) is 0 Å². The minimum absolute atomic E-state index is 2.66. The number of hydrogen-bond acceptors (Lipinski definition) is 2. The van der Waals surface area contributed by atoms with Gasteiger partial charge in [-0.2, -0.15) is 13.2 Å². The third-order valence-corrected chi connectivity index (χ3v) is 1.24. The van der Waals surface area contributed by atoms with E-state index in [4.69, 9.17) is 4.55 Å². The molecule has 0 saturated heterocycles. The summed E-state index contributed by atoms with van der Waals surface area (Å²) in [6.45, 7) is 0. The van der Waals surface area contributed by atoms with E-state index in [2.05, 4.69) is 5.73 Å². The predicted molar refractivity (Wildman–Crippen MR) is 24.8 cm³/mol. The number of hydrogen-bond donors (Lipinski definition) is 2. The van der Waals surface area contributed by atoms with Crippen molar-refractivity contribution in [3.8, 4) is 0 Å². The molecule has 0 radical (unpaired) electrons. The molecule has 0 aliphatic heterocycles. The minimum Gasteiger partial charge on any atom is -0.308 e. The minimum atomic E-state index is -4.79. The van der Waals surface area contributed by atoms with E-state index in [0.717, 1.165) is 0 Å². The van der Waals surface area contributed by atoms with E-state index in [1.807, 2.05) is 0 Å². The zero-order valence-electron chi connectivity index (χ0n) is 4.05. The molecular weight excluding hydrogens is 159 g/mol. The van der Waals surface area contributed by atoms with Crippen molar-refractivity contribution in [3.05, 3.63) is 0 Å². The van der Waals surface area contributed by atoms with Gasteiger partial charge >= 0.3 is 6.18 Å². The second kappa shape index (κ2) is 2.63. The molecule has 2 atom stereocenters. The van der Waals surface area contributed by atoms with Crippen molar-refractivity contribution in [3.63, 3.8) is 0 Å². The molecule has 0 aliphatic carbocycles. The van der Waals surface area contributed by atoms with Crippen molar-refractivity contribution < 1.29 is 21.9 Å². The van der Waals surface area contributed by atoms with Crippen molar-refractivity contribution in [2.75, 3.05) is 0 Å². The van der Waals surface area contributed by atoms with Crippen LogP contribution in [0.5, 0.6) is 0 Å². The molecule has 0 heterocycles. The monoisotopic (exact) mass is 163 g/mol. The second-order valence-corrected chi connectivity index (χ2v) is 2.30. The van der Waals surface area contributed by atoms with Gasteiger partial charge in [-0.15, -0.1) is 0 Å². The Kier molecular flexibility index (Phi) is 2.59. The fraction of sp³-hybridized carbons (Fsp3) is 1.00. The van der Waals surface area contributed by atoms with Gasteiger partial charge in [0.05, 0.1) is 0 Å². The normalized spacial score (nSPS) is 19.2. The summed E-state index contributed by atoms with van der Waals surface area (Å²) >= 11 is -3.03. The van der Waals surface area contributed by atoms with Gasteiger partial charge in [0.2, 0.25) is 5.37 Å². The molecular formula is C2H4F3NO2S. The fourth-order valence-electron chi connectivity index (χ4n) is 0.114. The molecule has 0 spiro atoms. The van der Waals surface area contributed by atoms with Gasteiger partial charge in [0.15, 0.2) is 11.1 Å². The Morgan fingerprint density at radius 2 is 1.89 bits per heavy atom. The molecule has 7 heteroatoms. The summed E-state index contributed by atoms with van der Waals surface area (Å²) < 4.78 is 51.1. The van der Waals surface area contributed by atoms with E-state index in [1.165, 1.54) is 0 Å². The molecule has 0 rings (SSSR count). The van der Waals surface area contributed by atoms with Crippen LogP contribution >= 0.6 is 0 Å². The lowest BCUT2D eigenvalue weighted by atomic mass is 10.7. The van der Waals surface area contributed by atoms with Crippen molar-refractivity contribution in [2.45, 2.75) is 11.6 Å². The smallest absolute Gasteiger partial charge is 0.308 e. The third-order valence-electron chi connectivity index (χ3n) is 0.540. The van der Waals surface area contributed by atoms with Gasteiger partial charge in [0.25, 0.3) is 0 Å². The summed E-state index contributed by atoms with van der Waals surface area (Å²) in [6.07, 6.45) is -4.79. The van der Waals surface area contributed by atoms with Gasteiger partial charge in [-0.25, -0.2) is 4.21 Å². The van der Waals surface area contributed by atoms with Crippen LogP contribution in [0.25, 0.3) is 0 Å². The second-order valence-electron chi connectivity index (χ2n) is 1.24. The van der Waals surface area contributed by atoms with Gasteiger partial charge in [-0.05, 0) is 0 Å². The van der Waals surface area contributed by atoms with E-state index in [0.29, 0.717) is 0 Å². The quantitative estimate of drug-likeness (QED) is 0.537. The molecule has 0 amide bonds. The molecule has 0 bridgehead atoms. The summed E-state index contributed by atoms with van der Waals surface area (Å²) in [5, 5.41) is -2.66. The molecule has 0 aliphatic rings. The first-order chi connectivity index (χ1) is 3.85. The maximum Gasteiger partial charge on any atom is 0.417 e. The molecule has 3 nitrogen and oxygen atoms in total. The molecule has 0 fully saturated rings. The summed E-state index contributed by atoms with van der Waals surface area (Å²) in [4.78, 5) is 0. The first-order valence-electron chi connectivity index (χ1n) is 1.77. The third kappa shape index (κ3) is 2.78. The first-order valence-corrected chi connectivity index (χ1v) is 2.94. The Labute approximate surface area is 51.3 Å². The standard InChI is InChI=1S/C2H4F3NO2S/c3-2(4,5)1(6)9(7)8/h1H,6H2,(H,7,8). The van der Waals surface area contributed by atoms with E-state index < -0.39 is 22.6 Å². The van der Waals surface area contributed by atoms with Crippen LogP contribution in [0.3, 0.4) is 0 Å². The first kappa shape index (κ1) is 8.86. The van der Waals surface area contributed by atoms with Crippen molar-refractivity contribution in [1.82, 2.24) is 0 Å². The molecule has 0 aromatic rings. The van der Waals surface area contributed by atoms with Gasteiger partial charge in [0.1, 0.15) is 0 Å². The lowest BCUT2D eigenvalue weighted by Gasteiger charge is -2.09. The predicted octanol–water partition coefficient (Wildman–Crippen LogP) is 0.0552. The van der Waals surface area contributed by atoms with Crippen molar-refractivity contribution in [1.29, 1.82) is 0 Å². The molecule has 56 valence electrons. The van der Waals surface area contributed by atoms with Crippen molar-refractivity contribution in [2.24, 2.45) is 5.73 Å². The Balaban J connectivity index is 4.04. The highest BCUT2D eigenvalue weighted by atomic mass is 32.2. The Bertz CT molecular complexity index is 123. The van der Waals surface area contributed by atoms with E-state index >= 15 is 0 Å². The average molecular weight is 163 g/mol. The van der Waals surface area contributed by atoms with Gasteiger partial charge in [-0.1, -0.05) is 0 Å². The van der Waals surface area contributed by atoms with Gasteiger partial charge in [-0.3, -0.25) is 0 Å². The number of halogens is 3. The summed E-state index contributed by atoms with van der Waals surface area (Å²) in [5.41, 5.74) is 4.22. The number of nitrogens with two attached hydrogens (primary N) is 1. The van der Waals surface area contributed by atoms with Crippen LogP contribution in [-0.4, -0.2) is 20.3 Å². The summed E-state index contributed by atoms with van der Waals surface area (Å²) in [6, 6.07) is 0. The Hall–Kier alpha value is -0.140. The lowest BCUT2D eigenvalue weighted by Crippen LogP contribution is -2.40. The topological polar surface area (TPSA) is 63.3 Å². The largest absolute Gasteiger partial charge is 0.417 e. The van der Waals surface area contributed by atoms with E-state index in [1.54, 1.807) is 0 Å². The van der Waals surface area contributed by atoms with Crippen LogP contribution in [0.1, 0.15) is 0 Å². The highest BCUT2D eigenvalue weighted by Crippen LogP contribution is 2.19. The van der Waals surface area contributed by atoms with E-state index in [9.17, 15) is 17.4 Å². The maximum absolute atomic E-state index is 11.2. The Morgan fingerprint density at radius 3 is 1.89 bits per heavy atom. The highest BCUT2D eigenvalue weighted by Gasteiger charge is 2.40. The van der Waals surface area contributed by atoms with Crippen LogP contribution < -0.4 is 5.73 Å². The van der Waals surface area contributed by atoms with Gasteiger partial charge < -0.3 is 10.3 Å². The molecule has 9 heavy (non-hydrogen) atoms. The van der Waals surface area contributed by atoms with Crippen LogP contribution in [0, 0.1) is 0 Å². The molecule has 0 aromatic heterocycles. The molecule has 0 saturated carbocycles. The van der Waals surface area contributed by atoms with Crippen LogP contribution in [0.15, 0.2) is 0 Å². The molecule has 3 N–H and O–H groups in total. The summed E-state index contributed by atoms with van der Waals surface area (Å²) in [5.74, 6) is 0. The summed E-state index contributed by atoms with van der Waals surface area (Å²) in [7, 11) is 0. The highest BCUT2D eigenvalue weighted by molar-refractivity contribution is 7.79. The van der Waals surface area contributed by atoms with E-state index in [-0.39, 0.29) is 0 Å².